The van der Waals surface area contributed by atoms with Gasteiger partial charge in [0.2, 0.25) is 15.9 Å². The molecule has 0 saturated carbocycles. The second-order valence-corrected chi connectivity index (χ2v) is 17.2. The van der Waals surface area contributed by atoms with E-state index in [0.717, 1.165) is 29.6 Å². The molecule has 5 heterocycles. The second-order valence-electron chi connectivity index (χ2n) is 14.7. The number of hydrogen-bond donors (Lipinski definition) is 1. The molecule has 14 heteroatoms. The quantitative estimate of drug-likeness (QED) is 0.428. The Bertz CT molecular complexity index is 1790. The molecule has 0 aromatic heterocycles. The van der Waals surface area contributed by atoms with Crippen LogP contribution < -0.4 is 14.4 Å². The molecule has 5 aliphatic heterocycles. The molecule has 6 rings (SSSR count). The molecule has 0 radical (unpaired) electrons. The van der Waals surface area contributed by atoms with Crippen LogP contribution in [-0.2, 0) is 24.3 Å². The molecular weight excluding hydrogens is 711 g/mol. The number of rotatable bonds is 4. The van der Waals surface area contributed by atoms with Crippen molar-refractivity contribution >= 4 is 39.1 Å². The molecule has 0 aliphatic carbocycles. The van der Waals surface area contributed by atoms with Gasteiger partial charge in [-0.05, 0) is 99.3 Å². The number of allylic oxidation sites excluding steroid dienone is 3. The van der Waals surface area contributed by atoms with E-state index in [0.29, 0.717) is 68.6 Å². The largest absolute Gasteiger partial charge is 0.487 e. The standard InChI is InChI=1S/C38H50ClFN4O7S/c1-24-10-12-31(40)35(37(46)42(5)21-34-49-17-18-50-34)44-16-8-14-38(44)23-43-15-7-6-9-28(19-25(2)39)30(26(38)3)22-51-33-13-11-29(20-32(33)43)36(45)41-52(47,48)27(24)4/h11-13,19-20,24,27,34-35H,2,6-10,14-18,21-23H2,1,3-5H3,(H,41,45)/b28-19-,30-26?,31-12-/t24-,27+,35+,38-/m0/s1. The summed E-state index contributed by atoms with van der Waals surface area (Å²) in [5.41, 5.74) is 2.79. The highest BCUT2D eigenvalue weighted by molar-refractivity contribution is 7.90. The minimum atomic E-state index is -4.15. The zero-order valence-electron chi connectivity index (χ0n) is 30.5. The van der Waals surface area contributed by atoms with Gasteiger partial charge in [-0.25, -0.2) is 17.5 Å². The Kier molecular flexibility index (Phi) is 11.6. The van der Waals surface area contributed by atoms with E-state index in [2.05, 4.69) is 23.1 Å². The Morgan fingerprint density at radius 2 is 1.94 bits per heavy atom. The molecule has 5 bridgehead atoms. The average Bonchev–Trinajstić information content (AvgIpc) is 3.77. The lowest BCUT2D eigenvalue weighted by Gasteiger charge is -2.47. The van der Waals surface area contributed by atoms with Crippen LogP contribution in [0.5, 0.6) is 5.75 Å². The number of halogens is 2. The molecule has 2 fully saturated rings. The molecule has 2 saturated heterocycles. The highest BCUT2D eigenvalue weighted by atomic mass is 35.5. The van der Waals surface area contributed by atoms with Crippen LogP contribution in [-0.4, -0.2) is 106 Å². The van der Waals surface area contributed by atoms with Crippen molar-refractivity contribution in [2.75, 3.05) is 57.9 Å². The predicted octanol–water partition coefficient (Wildman–Crippen LogP) is 5.44. The van der Waals surface area contributed by atoms with E-state index in [1.807, 2.05) is 11.0 Å². The first kappa shape index (κ1) is 38.5. The molecule has 11 nitrogen and oxygen atoms in total. The zero-order chi connectivity index (χ0) is 37.4. The van der Waals surface area contributed by atoms with E-state index in [4.69, 9.17) is 25.8 Å². The monoisotopic (exact) mass is 760 g/mol. The van der Waals surface area contributed by atoms with Gasteiger partial charge in [-0.1, -0.05) is 31.2 Å². The first-order valence-corrected chi connectivity index (χ1v) is 20.1. The number of nitrogens with one attached hydrogen (secondary N) is 1. The normalized spacial score (nSPS) is 30.7. The van der Waals surface area contributed by atoms with Gasteiger partial charge in [0.05, 0.1) is 36.2 Å². The van der Waals surface area contributed by atoms with E-state index in [-0.39, 0.29) is 25.1 Å². The van der Waals surface area contributed by atoms with Gasteiger partial charge in [0.25, 0.3) is 5.91 Å². The Morgan fingerprint density at radius 1 is 1.19 bits per heavy atom. The summed E-state index contributed by atoms with van der Waals surface area (Å²) in [6, 6.07) is 3.64. The van der Waals surface area contributed by atoms with E-state index in [1.54, 1.807) is 32.2 Å². The van der Waals surface area contributed by atoms with Crippen LogP contribution in [0.3, 0.4) is 0 Å². The van der Waals surface area contributed by atoms with Crippen molar-refractivity contribution in [3.8, 4) is 5.75 Å². The summed E-state index contributed by atoms with van der Waals surface area (Å²) in [5, 5.41) is -0.660. The lowest BCUT2D eigenvalue weighted by molar-refractivity contribution is -0.141. The fraction of sp³-hybridized carbons (Fsp3) is 0.579. The Balaban J connectivity index is 1.60. The molecule has 284 valence electrons. The molecule has 1 aromatic rings. The summed E-state index contributed by atoms with van der Waals surface area (Å²) in [7, 11) is -2.53. The summed E-state index contributed by atoms with van der Waals surface area (Å²) in [5.74, 6) is -1.92. The number of ether oxygens (including phenoxy) is 3. The maximum absolute atomic E-state index is 17.2. The van der Waals surface area contributed by atoms with E-state index >= 15 is 4.39 Å². The third-order valence-corrected chi connectivity index (χ3v) is 13.4. The molecule has 0 unspecified atom stereocenters. The van der Waals surface area contributed by atoms with Crippen molar-refractivity contribution in [3.63, 3.8) is 0 Å². The molecular formula is C38H50ClFN4O7S. The van der Waals surface area contributed by atoms with Crippen LogP contribution in [0.15, 0.2) is 64.5 Å². The first-order chi connectivity index (χ1) is 24.7. The Hall–Kier alpha value is -3.23. The number of likely N-dealkylation sites (N-methyl/N-ethyl adjacent to an activating group) is 1. The minimum absolute atomic E-state index is 0.0227. The number of sulfonamides is 1. The first-order valence-electron chi connectivity index (χ1n) is 18.2. The number of hydrogen-bond acceptors (Lipinski definition) is 9. The highest BCUT2D eigenvalue weighted by Crippen LogP contribution is 2.46. The third kappa shape index (κ3) is 7.70. The number of benzene rings is 1. The lowest BCUT2D eigenvalue weighted by atomic mass is 9.79. The summed E-state index contributed by atoms with van der Waals surface area (Å²) in [4.78, 5) is 33.9. The summed E-state index contributed by atoms with van der Waals surface area (Å²) >= 11 is 6.43. The zero-order valence-corrected chi connectivity index (χ0v) is 32.0. The van der Waals surface area contributed by atoms with E-state index < -0.39 is 56.7 Å². The van der Waals surface area contributed by atoms with Gasteiger partial charge < -0.3 is 24.0 Å². The van der Waals surface area contributed by atoms with Crippen LogP contribution in [0.25, 0.3) is 0 Å². The second kappa shape index (κ2) is 15.6. The molecule has 5 aliphatic rings. The van der Waals surface area contributed by atoms with Crippen LogP contribution in [0.2, 0.25) is 0 Å². The molecule has 4 atom stereocenters. The lowest BCUT2D eigenvalue weighted by Crippen LogP contribution is -2.61. The van der Waals surface area contributed by atoms with Crippen molar-refractivity contribution in [1.29, 1.82) is 0 Å². The van der Waals surface area contributed by atoms with Crippen molar-refractivity contribution in [2.24, 2.45) is 5.92 Å². The van der Waals surface area contributed by atoms with Gasteiger partial charge in [-0.3, -0.25) is 14.5 Å². The summed E-state index contributed by atoms with van der Waals surface area (Å²) in [6.45, 7) is 11.7. The van der Waals surface area contributed by atoms with Gasteiger partial charge in [0.15, 0.2) is 6.29 Å². The highest BCUT2D eigenvalue weighted by Gasteiger charge is 2.52. The third-order valence-electron chi connectivity index (χ3n) is 11.4. The molecule has 1 spiro atoms. The SMILES string of the molecule is C=C(Cl)/C=C1/CCCCN2C[C@]34CCCN3[C@@H](C(=O)N(C)CC3OCCO3)/C(F)=C/C[C@H](C)[C@@H](C)S(=O)(=O)NC(=O)c3ccc(c2c3)OCC1=C4C. The summed E-state index contributed by atoms with van der Waals surface area (Å²) in [6.07, 6.45) is 6.25. The summed E-state index contributed by atoms with van der Waals surface area (Å²) < 4.78 is 64.2. The Morgan fingerprint density at radius 3 is 2.67 bits per heavy atom. The maximum Gasteiger partial charge on any atom is 0.264 e. The van der Waals surface area contributed by atoms with Gasteiger partial charge in [0, 0.05) is 37.3 Å². The molecule has 1 N–H and O–H groups in total. The van der Waals surface area contributed by atoms with Gasteiger partial charge >= 0.3 is 0 Å². The van der Waals surface area contributed by atoms with E-state index in [9.17, 15) is 18.0 Å². The number of carbonyl (C=O) groups excluding carboxylic acids is 2. The number of nitrogens with zero attached hydrogens (tertiary/aromatic N) is 3. The predicted molar refractivity (Wildman–Crippen MR) is 198 cm³/mol. The molecule has 2 amide bonds. The van der Waals surface area contributed by atoms with Crippen molar-refractivity contribution < 1.29 is 36.6 Å². The average molecular weight is 761 g/mol. The van der Waals surface area contributed by atoms with Crippen LogP contribution in [0.4, 0.5) is 10.1 Å². The number of anilines is 1. The van der Waals surface area contributed by atoms with Crippen molar-refractivity contribution in [2.45, 2.75) is 82.4 Å². The number of amides is 2. The Labute approximate surface area is 311 Å². The van der Waals surface area contributed by atoms with E-state index in [1.165, 1.54) is 17.9 Å². The van der Waals surface area contributed by atoms with Crippen molar-refractivity contribution in [3.05, 3.63) is 70.1 Å². The van der Waals surface area contributed by atoms with Crippen LogP contribution in [0, 0.1) is 5.92 Å². The topological polar surface area (TPSA) is 118 Å². The van der Waals surface area contributed by atoms with Crippen LogP contribution in [0.1, 0.15) is 69.7 Å². The number of carbonyl (C=O) groups is 2. The fourth-order valence-electron chi connectivity index (χ4n) is 8.21. The van der Waals surface area contributed by atoms with Crippen molar-refractivity contribution in [1.82, 2.24) is 14.5 Å². The molecule has 1 aromatic carbocycles. The minimum Gasteiger partial charge on any atom is -0.487 e. The van der Waals surface area contributed by atoms with Gasteiger partial charge in [0.1, 0.15) is 24.2 Å². The maximum atomic E-state index is 17.2. The van der Waals surface area contributed by atoms with Crippen LogP contribution >= 0.6 is 11.6 Å². The fourth-order valence-corrected chi connectivity index (χ4v) is 9.63. The smallest absolute Gasteiger partial charge is 0.264 e. The number of fused-ring (bicyclic) bond motifs is 1. The van der Waals surface area contributed by atoms with Gasteiger partial charge in [-0.15, -0.1) is 0 Å². The molecule has 52 heavy (non-hydrogen) atoms. The van der Waals surface area contributed by atoms with Gasteiger partial charge in [-0.2, -0.15) is 0 Å².